The number of benzene rings is 1. The summed E-state index contributed by atoms with van der Waals surface area (Å²) in [7, 11) is 0. The van der Waals surface area contributed by atoms with Crippen LogP contribution in [0.5, 0.6) is 0 Å². The molecule has 1 fully saturated rings. The molecule has 0 radical (unpaired) electrons. The fourth-order valence-electron chi connectivity index (χ4n) is 1.38. The smallest absolute Gasteiger partial charge is 0.288 e. The van der Waals surface area contributed by atoms with Gasteiger partial charge in [-0.15, -0.1) is 0 Å². The SMILES string of the molecule is O=C1NC(=O)[C@H](Nc2ccccc2C(=O)[O-])S1. The maximum Gasteiger partial charge on any atom is 0.288 e. The van der Waals surface area contributed by atoms with Crippen molar-refractivity contribution in [1.29, 1.82) is 0 Å². The number of hydrogen-bond donors (Lipinski definition) is 2. The minimum atomic E-state index is -1.34. The highest BCUT2D eigenvalue weighted by atomic mass is 32.2. The Morgan fingerprint density at radius 2 is 2.06 bits per heavy atom. The molecule has 88 valence electrons. The van der Waals surface area contributed by atoms with E-state index < -0.39 is 22.5 Å². The number of carboxylic acid groups (broad SMARTS) is 1. The Hall–Kier alpha value is -2.02. The Morgan fingerprint density at radius 1 is 1.35 bits per heavy atom. The topological polar surface area (TPSA) is 98.3 Å². The molecular formula is C10H7N2O4S-. The fraction of sp³-hybridized carbons (Fsp3) is 0.100. The van der Waals surface area contributed by atoms with Gasteiger partial charge in [0.25, 0.3) is 11.1 Å². The van der Waals surface area contributed by atoms with Crippen molar-refractivity contribution in [3.05, 3.63) is 29.8 Å². The third-order valence-corrected chi connectivity index (χ3v) is 3.01. The molecule has 1 atom stereocenters. The Bertz CT molecular complexity index is 503. The van der Waals surface area contributed by atoms with Gasteiger partial charge in [0.1, 0.15) is 0 Å². The minimum Gasteiger partial charge on any atom is -0.545 e. The average molecular weight is 251 g/mol. The molecule has 0 aliphatic carbocycles. The second kappa shape index (κ2) is 4.46. The zero-order chi connectivity index (χ0) is 12.4. The maximum absolute atomic E-state index is 11.3. The molecular weight excluding hydrogens is 244 g/mol. The van der Waals surface area contributed by atoms with Crippen molar-refractivity contribution in [2.75, 3.05) is 5.32 Å². The van der Waals surface area contributed by atoms with Crippen LogP contribution in [0.25, 0.3) is 0 Å². The van der Waals surface area contributed by atoms with E-state index >= 15 is 0 Å². The van der Waals surface area contributed by atoms with Crippen LogP contribution in [0.15, 0.2) is 24.3 Å². The molecule has 1 heterocycles. The van der Waals surface area contributed by atoms with Gasteiger partial charge in [-0.3, -0.25) is 14.9 Å². The largest absolute Gasteiger partial charge is 0.545 e. The molecule has 2 amide bonds. The molecule has 2 N–H and O–H groups in total. The second-order valence-corrected chi connectivity index (χ2v) is 4.33. The van der Waals surface area contributed by atoms with Gasteiger partial charge in [-0.1, -0.05) is 18.2 Å². The number of para-hydroxylation sites is 1. The van der Waals surface area contributed by atoms with Crippen molar-refractivity contribution in [3.8, 4) is 0 Å². The van der Waals surface area contributed by atoms with E-state index in [1.54, 1.807) is 12.1 Å². The molecule has 1 aliphatic heterocycles. The molecule has 6 nitrogen and oxygen atoms in total. The first-order chi connectivity index (χ1) is 8.08. The quantitative estimate of drug-likeness (QED) is 0.770. The summed E-state index contributed by atoms with van der Waals surface area (Å²) in [5, 5.41) is 14.3. The van der Waals surface area contributed by atoms with Crippen molar-refractivity contribution in [2.45, 2.75) is 5.37 Å². The average Bonchev–Trinajstić information content (AvgIpc) is 2.58. The van der Waals surface area contributed by atoms with E-state index in [9.17, 15) is 19.5 Å². The lowest BCUT2D eigenvalue weighted by molar-refractivity contribution is -0.254. The van der Waals surface area contributed by atoms with E-state index in [1.807, 2.05) is 0 Å². The highest BCUT2D eigenvalue weighted by Crippen LogP contribution is 2.23. The molecule has 0 saturated carbocycles. The first kappa shape index (κ1) is 11.5. The minimum absolute atomic E-state index is 0.0553. The monoisotopic (exact) mass is 251 g/mol. The van der Waals surface area contributed by atoms with Gasteiger partial charge < -0.3 is 15.2 Å². The van der Waals surface area contributed by atoms with Gasteiger partial charge in [0.15, 0.2) is 5.37 Å². The number of aromatic carboxylic acids is 1. The predicted octanol–water partition coefficient (Wildman–Crippen LogP) is -0.229. The van der Waals surface area contributed by atoms with Crippen molar-refractivity contribution >= 4 is 34.6 Å². The number of carboxylic acids is 1. The van der Waals surface area contributed by atoms with Crippen LogP contribution in [0.3, 0.4) is 0 Å². The summed E-state index contributed by atoms with van der Waals surface area (Å²) < 4.78 is 0. The summed E-state index contributed by atoms with van der Waals surface area (Å²) in [6, 6.07) is 6.02. The third-order valence-electron chi connectivity index (χ3n) is 2.12. The first-order valence-corrected chi connectivity index (χ1v) is 5.54. The summed E-state index contributed by atoms with van der Waals surface area (Å²) in [6.07, 6.45) is 0. The summed E-state index contributed by atoms with van der Waals surface area (Å²) in [5.41, 5.74) is 0.190. The van der Waals surface area contributed by atoms with Crippen LogP contribution >= 0.6 is 11.8 Å². The van der Waals surface area contributed by atoms with Crippen molar-refractivity contribution in [2.24, 2.45) is 0 Å². The second-order valence-electron chi connectivity index (χ2n) is 3.25. The van der Waals surface area contributed by atoms with Crippen LogP contribution in [0.4, 0.5) is 10.5 Å². The van der Waals surface area contributed by atoms with Crippen molar-refractivity contribution in [3.63, 3.8) is 0 Å². The van der Waals surface area contributed by atoms with Gasteiger partial charge in [-0.2, -0.15) is 0 Å². The molecule has 7 heteroatoms. The number of thioether (sulfide) groups is 1. The molecule has 0 bridgehead atoms. The van der Waals surface area contributed by atoms with E-state index in [0.29, 0.717) is 0 Å². The predicted molar refractivity (Wildman–Crippen MR) is 59.3 cm³/mol. The van der Waals surface area contributed by atoms with E-state index in [0.717, 1.165) is 11.8 Å². The Labute approximate surface area is 100 Å². The van der Waals surface area contributed by atoms with Gasteiger partial charge in [0.05, 0.1) is 5.97 Å². The standard InChI is InChI=1S/C10H8N2O4S/c13-7-8(17-10(16)12-7)11-6-4-2-1-3-5(6)9(14)15/h1-4,8,11H,(H,14,15)(H,12,13,16)/p-1/t8-/m1/s1. The van der Waals surface area contributed by atoms with Crippen LogP contribution < -0.4 is 15.7 Å². The summed E-state index contributed by atoms with van der Waals surface area (Å²) in [4.78, 5) is 33.0. The highest BCUT2D eigenvalue weighted by Gasteiger charge is 2.31. The fourth-order valence-corrected chi connectivity index (χ4v) is 2.10. The lowest BCUT2D eigenvalue weighted by atomic mass is 10.2. The molecule has 1 aromatic rings. The van der Waals surface area contributed by atoms with Gasteiger partial charge in [0.2, 0.25) is 0 Å². The number of carbonyl (C=O) groups excluding carboxylic acids is 3. The van der Waals surface area contributed by atoms with Crippen LogP contribution in [-0.4, -0.2) is 22.5 Å². The number of carbonyl (C=O) groups is 3. The van der Waals surface area contributed by atoms with Gasteiger partial charge in [0, 0.05) is 11.3 Å². The Balaban J connectivity index is 2.22. The van der Waals surface area contributed by atoms with E-state index in [-0.39, 0.29) is 11.3 Å². The van der Waals surface area contributed by atoms with Crippen LogP contribution in [0, 0.1) is 0 Å². The lowest BCUT2D eigenvalue weighted by Crippen LogP contribution is -2.31. The van der Waals surface area contributed by atoms with Crippen molar-refractivity contribution in [1.82, 2.24) is 5.32 Å². The molecule has 17 heavy (non-hydrogen) atoms. The van der Waals surface area contributed by atoms with E-state index in [1.165, 1.54) is 12.1 Å². The zero-order valence-electron chi connectivity index (χ0n) is 8.43. The van der Waals surface area contributed by atoms with E-state index in [2.05, 4.69) is 10.6 Å². The molecule has 2 rings (SSSR count). The van der Waals surface area contributed by atoms with Gasteiger partial charge in [-0.05, 0) is 17.8 Å². The number of hydrogen-bond acceptors (Lipinski definition) is 6. The summed E-state index contributed by atoms with van der Waals surface area (Å²) in [6.45, 7) is 0. The third kappa shape index (κ3) is 2.39. The molecule has 1 aliphatic rings. The van der Waals surface area contributed by atoms with Crippen molar-refractivity contribution < 1.29 is 19.5 Å². The number of anilines is 1. The molecule has 1 aromatic carbocycles. The number of amides is 2. The lowest BCUT2D eigenvalue weighted by Gasteiger charge is -2.14. The maximum atomic E-state index is 11.3. The van der Waals surface area contributed by atoms with Gasteiger partial charge >= 0.3 is 0 Å². The highest BCUT2D eigenvalue weighted by molar-refractivity contribution is 8.15. The number of imide groups is 1. The molecule has 0 aromatic heterocycles. The van der Waals surface area contributed by atoms with E-state index in [4.69, 9.17) is 0 Å². The Kier molecular flexibility index (Phi) is 3.01. The molecule has 0 spiro atoms. The molecule has 0 unspecified atom stereocenters. The van der Waals surface area contributed by atoms with Crippen LogP contribution in [0.2, 0.25) is 0 Å². The summed E-state index contributed by atoms with van der Waals surface area (Å²) >= 11 is 0.765. The zero-order valence-corrected chi connectivity index (χ0v) is 9.24. The first-order valence-electron chi connectivity index (χ1n) is 4.66. The van der Waals surface area contributed by atoms with Gasteiger partial charge in [-0.25, -0.2) is 0 Å². The normalized spacial score (nSPS) is 18.9. The van der Waals surface area contributed by atoms with Crippen LogP contribution in [-0.2, 0) is 4.79 Å². The Morgan fingerprint density at radius 3 is 2.65 bits per heavy atom. The number of nitrogens with one attached hydrogen (secondary N) is 2. The molecule has 1 saturated heterocycles. The number of rotatable bonds is 3. The summed E-state index contributed by atoms with van der Waals surface area (Å²) in [5.74, 6) is -1.84. The van der Waals surface area contributed by atoms with Crippen LogP contribution in [0.1, 0.15) is 10.4 Å².